The summed E-state index contributed by atoms with van der Waals surface area (Å²) >= 11 is 18.2. The summed E-state index contributed by atoms with van der Waals surface area (Å²) in [5.41, 5.74) is -0.151. The molecule has 1 heterocycles. The van der Waals surface area contributed by atoms with E-state index in [4.69, 9.17) is 23.2 Å². The first-order valence-electron chi connectivity index (χ1n) is 5.32. The third-order valence-corrected chi connectivity index (χ3v) is 4.79. The predicted molar refractivity (Wildman–Crippen MR) is 84.4 cm³/mol. The van der Waals surface area contributed by atoms with Crippen LogP contribution >= 0.6 is 55.1 Å². The maximum atomic E-state index is 12.7. The lowest BCUT2D eigenvalue weighted by atomic mass is 10.2. The van der Waals surface area contributed by atoms with Crippen LogP contribution in [0, 0.1) is 0 Å². The largest absolute Gasteiger partial charge is 0.416 e. The minimum absolute atomic E-state index is 0.136. The summed E-state index contributed by atoms with van der Waals surface area (Å²) in [5, 5.41) is 3.91. The zero-order chi connectivity index (χ0) is 15.8. The molecule has 0 saturated heterocycles. The molecule has 0 fully saturated rings. The van der Waals surface area contributed by atoms with Crippen molar-refractivity contribution in [2.45, 2.75) is 6.18 Å². The third-order valence-electron chi connectivity index (χ3n) is 2.50. The van der Waals surface area contributed by atoms with Gasteiger partial charge in [0, 0.05) is 6.20 Å². The van der Waals surface area contributed by atoms with Gasteiger partial charge in [0.05, 0.1) is 20.1 Å². The fraction of sp³-hybridized carbons (Fsp3) is 0.0833. The van der Waals surface area contributed by atoms with Crippen LogP contribution in [0.3, 0.4) is 0 Å². The van der Waals surface area contributed by atoms with Crippen LogP contribution < -0.4 is 0 Å². The zero-order valence-electron chi connectivity index (χ0n) is 9.93. The number of hydrogen-bond acceptors (Lipinski definition) is 1. The molecule has 0 N–H and O–H groups in total. The molecule has 21 heavy (non-hydrogen) atoms. The van der Waals surface area contributed by atoms with Crippen molar-refractivity contribution in [3.05, 3.63) is 50.7 Å². The molecule has 0 bridgehead atoms. The number of nitrogens with zero attached hydrogens (tertiary/aromatic N) is 2. The maximum absolute atomic E-state index is 12.7. The van der Waals surface area contributed by atoms with E-state index in [9.17, 15) is 13.2 Å². The highest BCUT2D eigenvalue weighted by Gasteiger charge is 2.32. The highest BCUT2D eigenvalue weighted by Crippen LogP contribution is 2.37. The molecule has 2 rings (SSSR count). The van der Waals surface area contributed by atoms with E-state index in [0.29, 0.717) is 10.2 Å². The van der Waals surface area contributed by atoms with Gasteiger partial charge in [0.25, 0.3) is 0 Å². The summed E-state index contributed by atoms with van der Waals surface area (Å²) in [6, 6.07) is 3.30. The third kappa shape index (κ3) is 3.64. The second-order valence-corrected chi connectivity index (χ2v) is 6.02. The number of hydrogen-bond donors (Lipinski definition) is 0. The Morgan fingerprint density at radius 2 is 1.81 bits per heavy atom. The predicted octanol–water partition coefficient (Wildman–Crippen LogP) is 6.29. The fourth-order valence-corrected chi connectivity index (χ4v) is 2.69. The van der Waals surface area contributed by atoms with Gasteiger partial charge < -0.3 is 0 Å². The Kier molecular flexibility index (Phi) is 5.07. The van der Waals surface area contributed by atoms with E-state index in [1.165, 1.54) is 4.68 Å². The van der Waals surface area contributed by atoms with Gasteiger partial charge in [0.2, 0.25) is 0 Å². The Bertz CT molecular complexity index is 688. The molecular weight excluding hydrogens is 460 g/mol. The molecule has 0 aliphatic heterocycles. The molecule has 1 aromatic heterocycles. The van der Waals surface area contributed by atoms with Gasteiger partial charge >= 0.3 is 6.18 Å². The molecule has 0 aliphatic rings. The lowest BCUT2D eigenvalue weighted by molar-refractivity contribution is -0.137. The Balaban J connectivity index is 2.53. The van der Waals surface area contributed by atoms with E-state index in [1.54, 1.807) is 17.2 Å². The quantitative estimate of drug-likeness (QED) is 0.511. The van der Waals surface area contributed by atoms with Crippen molar-refractivity contribution < 1.29 is 13.2 Å². The summed E-state index contributed by atoms with van der Waals surface area (Å²) in [6.07, 6.45) is -2.96. The van der Waals surface area contributed by atoms with Crippen LogP contribution in [0.15, 0.2) is 29.4 Å². The van der Waals surface area contributed by atoms with E-state index in [2.05, 4.69) is 37.0 Å². The number of aromatic nitrogens is 2. The van der Waals surface area contributed by atoms with Gasteiger partial charge in [-0.25, -0.2) is 4.68 Å². The van der Waals surface area contributed by atoms with Crippen LogP contribution in [-0.4, -0.2) is 9.78 Å². The standard InChI is InChI=1S/C12H5Br2Cl2F3N2/c13-5-7(14)10-1-2-21(20-10)11-8(15)3-6(4-9(11)16)12(17,18)19/h1-5H/b7-5-. The van der Waals surface area contributed by atoms with Crippen molar-refractivity contribution in [2.24, 2.45) is 0 Å². The number of rotatable bonds is 2. The Hall–Kier alpha value is -0.500. The van der Waals surface area contributed by atoms with Gasteiger partial charge in [0.1, 0.15) is 11.4 Å². The second-order valence-electron chi connectivity index (χ2n) is 3.89. The normalized spacial score (nSPS) is 12.8. The van der Waals surface area contributed by atoms with Crippen LogP contribution in [0.5, 0.6) is 0 Å². The van der Waals surface area contributed by atoms with Gasteiger partial charge in [-0.05, 0) is 39.1 Å². The molecule has 0 unspecified atom stereocenters. The van der Waals surface area contributed by atoms with E-state index in [0.717, 1.165) is 12.1 Å². The maximum Gasteiger partial charge on any atom is 0.416 e. The van der Waals surface area contributed by atoms with Crippen LogP contribution in [0.2, 0.25) is 10.0 Å². The van der Waals surface area contributed by atoms with Crippen molar-refractivity contribution in [3.63, 3.8) is 0 Å². The van der Waals surface area contributed by atoms with Gasteiger partial charge in [-0.3, -0.25) is 0 Å². The molecule has 2 aromatic rings. The number of benzene rings is 1. The average molecular weight is 465 g/mol. The highest BCUT2D eigenvalue weighted by atomic mass is 79.9. The van der Waals surface area contributed by atoms with Crippen LogP contribution in [0.1, 0.15) is 11.3 Å². The Morgan fingerprint density at radius 1 is 1.24 bits per heavy atom. The summed E-state index contributed by atoms with van der Waals surface area (Å²) in [5.74, 6) is 0. The highest BCUT2D eigenvalue weighted by molar-refractivity contribution is 9.16. The van der Waals surface area contributed by atoms with Gasteiger partial charge in [-0.15, -0.1) is 0 Å². The zero-order valence-corrected chi connectivity index (χ0v) is 14.6. The number of halogens is 7. The van der Waals surface area contributed by atoms with Crippen molar-refractivity contribution in [1.82, 2.24) is 9.78 Å². The Morgan fingerprint density at radius 3 is 2.29 bits per heavy atom. The Labute approximate surface area is 144 Å². The van der Waals surface area contributed by atoms with E-state index in [1.807, 2.05) is 0 Å². The molecule has 2 nitrogen and oxygen atoms in total. The van der Waals surface area contributed by atoms with Crippen molar-refractivity contribution >= 4 is 59.5 Å². The van der Waals surface area contributed by atoms with Crippen molar-refractivity contribution in [3.8, 4) is 5.69 Å². The van der Waals surface area contributed by atoms with Crippen LogP contribution in [0.4, 0.5) is 13.2 Å². The second kappa shape index (κ2) is 6.32. The first kappa shape index (κ1) is 16.9. The molecule has 0 saturated carbocycles. The van der Waals surface area contributed by atoms with E-state index >= 15 is 0 Å². The summed E-state index contributed by atoms with van der Waals surface area (Å²) in [7, 11) is 0. The van der Waals surface area contributed by atoms with Crippen molar-refractivity contribution in [2.75, 3.05) is 0 Å². The van der Waals surface area contributed by atoms with E-state index in [-0.39, 0.29) is 15.7 Å². The van der Waals surface area contributed by atoms with Crippen molar-refractivity contribution in [1.29, 1.82) is 0 Å². The van der Waals surface area contributed by atoms with Gasteiger partial charge in [-0.1, -0.05) is 39.1 Å². The molecule has 9 heteroatoms. The lowest BCUT2D eigenvalue weighted by Crippen LogP contribution is -2.07. The fourth-order valence-electron chi connectivity index (χ4n) is 1.58. The molecular formula is C12H5Br2Cl2F3N2. The van der Waals surface area contributed by atoms with E-state index < -0.39 is 11.7 Å². The molecule has 112 valence electrons. The molecule has 0 spiro atoms. The monoisotopic (exact) mass is 462 g/mol. The summed E-state index contributed by atoms with van der Waals surface area (Å²) < 4.78 is 40.0. The van der Waals surface area contributed by atoms with Gasteiger partial charge in [-0.2, -0.15) is 18.3 Å². The number of alkyl halides is 3. The minimum atomic E-state index is -4.51. The topological polar surface area (TPSA) is 17.8 Å². The molecule has 0 radical (unpaired) electrons. The molecule has 0 atom stereocenters. The van der Waals surface area contributed by atoms with Crippen LogP contribution in [-0.2, 0) is 6.18 Å². The minimum Gasteiger partial charge on any atom is -0.237 e. The smallest absolute Gasteiger partial charge is 0.237 e. The summed E-state index contributed by atoms with van der Waals surface area (Å²) in [4.78, 5) is 1.61. The first-order chi connectivity index (χ1) is 9.74. The molecule has 0 amide bonds. The average Bonchev–Trinajstić information content (AvgIpc) is 2.85. The SMILES string of the molecule is FC(F)(F)c1cc(Cl)c(-n2ccc(/C(Br)=C/Br)n2)c(Cl)c1. The van der Waals surface area contributed by atoms with Gasteiger partial charge in [0.15, 0.2) is 0 Å². The summed E-state index contributed by atoms with van der Waals surface area (Å²) in [6.45, 7) is 0. The lowest BCUT2D eigenvalue weighted by Gasteiger charge is -2.12. The molecule has 1 aromatic carbocycles. The molecule has 0 aliphatic carbocycles. The van der Waals surface area contributed by atoms with Crippen LogP contribution in [0.25, 0.3) is 10.2 Å². The first-order valence-corrected chi connectivity index (χ1v) is 7.79.